The molecule has 0 aliphatic rings. The minimum Gasteiger partial charge on any atom is -0.463 e. The summed E-state index contributed by atoms with van der Waals surface area (Å²) in [5, 5.41) is 7.03. The fourth-order valence-electron chi connectivity index (χ4n) is 2.35. The van der Waals surface area contributed by atoms with Crippen molar-refractivity contribution < 1.29 is 9.21 Å². The molecule has 0 bridgehead atoms. The van der Waals surface area contributed by atoms with Crippen LogP contribution in [0.1, 0.15) is 19.5 Å². The molecule has 0 unspecified atom stereocenters. The van der Waals surface area contributed by atoms with Crippen LogP contribution in [0.5, 0.6) is 0 Å². The van der Waals surface area contributed by atoms with Crippen molar-refractivity contribution in [2.24, 2.45) is 0 Å². The zero-order chi connectivity index (χ0) is 18.0. The third kappa shape index (κ3) is 3.35. The Balaban J connectivity index is 1.94. The highest BCUT2D eigenvalue weighted by Crippen LogP contribution is 2.19. The number of aromatic nitrogens is 3. The van der Waals surface area contributed by atoms with Gasteiger partial charge in [0.15, 0.2) is 5.76 Å². The predicted octanol–water partition coefficient (Wildman–Crippen LogP) is 2.58. The molecule has 0 spiro atoms. The number of hydrogen-bond donors (Lipinski definition) is 1. The van der Waals surface area contributed by atoms with Crippen LogP contribution in [0.3, 0.4) is 0 Å². The largest absolute Gasteiger partial charge is 0.463 e. The van der Waals surface area contributed by atoms with Crippen LogP contribution in [-0.4, -0.2) is 20.7 Å². The number of pyridine rings is 1. The lowest BCUT2D eigenvalue weighted by molar-refractivity contribution is -0.123. The van der Waals surface area contributed by atoms with Gasteiger partial charge in [-0.2, -0.15) is 5.10 Å². The molecular formula is C18H18N4O3. The van der Waals surface area contributed by atoms with E-state index in [4.69, 9.17) is 4.42 Å². The molecule has 0 radical (unpaired) electrons. The first-order chi connectivity index (χ1) is 11.9. The van der Waals surface area contributed by atoms with Gasteiger partial charge in [0.2, 0.25) is 0 Å². The zero-order valence-corrected chi connectivity index (χ0v) is 14.2. The molecule has 7 nitrogen and oxygen atoms in total. The summed E-state index contributed by atoms with van der Waals surface area (Å²) in [6, 6.07) is 11.7. The van der Waals surface area contributed by atoms with E-state index in [1.165, 1.54) is 12.3 Å². The topological polar surface area (TPSA) is 90.0 Å². The van der Waals surface area contributed by atoms with Crippen molar-refractivity contribution in [3.05, 3.63) is 64.8 Å². The number of carbonyl (C=O) groups is 1. The van der Waals surface area contributed by atoms with Gasteiger partial charge in [0, 0.05) is 11.8 Å². The van der Waals surface area contributed by atoms with Crippen molar-refractivity contribution in [2.75, 3.05) is 5.32 Å². The molecular weight excluding hydrogens is 320 g/mol. The maximum Gasteiger partial charge on any atom is 0.267 e. The summed E-state index contributed by atoms with van der Waals surface area (Å²) in [6.07, 6.45) is 1.52. The Hall–Kier alpha value is -3.22. The first kappa shape index (κ1) is 16.6. The monoisotopic (exact) mass is 338 g/mol. The standard InChI is InChI=1S/C18H18N4O3/c1-12-6-4-8-15(19-12)20-17(24)18(2,3)22-16(23)10-9-13(21-22)14-7-5-11-25-14/h4-11H,1-3H3,(H,19,20,24). The molecule has 0 fully saturated rings. The van der Waals surface area contributed by atoms with E-state index < -0.39 is 11.4 Å². The predicted molar refractivity (Wildman–Crippen MR) is 93.1 cm³/mol. The van der Waals surface area contributed by atoms with Crippen molar-refractivity contribution in [1.29, 1.82) is 0 Å². The molecule has 3 rings (SSSR count). The Kier molecular flexibility index (Phi) is 4.22. The van der Waals surface area contributed by atoms with Crippen molar-refractivity contribution >= 4 is 11.7 Å². The van der Waals surface area contributed by atoms with Crippen molar-refractivity contribution in [3.8, 4) is 11.5 Å². The number of nitrogens with one attached hydrogen (secondary N) is 1. The van der Waals surface area contributed by atoms with Crippen LogP contribution in [0.4, 0.5) is 5.82 Å². The summed E-state index contributed by atoms with van der Waals surface area (Å²) in [7, 11) is 0. The number of furan rings is 1. The third-order valence-electron chi connectivity index (χ3n) is 3.79. The number of carbonyl (C=O) groups excluding carboxylic acids is 1. The molecule has 1 N–H and O–H groups in total. The summed E-state index contributed by atoms with van der Waals surface area (Å²) >= 11 is 0. The molecule has 0 aliphatic carbocycles. The zero-order valence-electron chi connectivity index (χ0n) is 14.2. The molecule has 7 heteroatoms. The Morgan fingerprint density at radius 1 is 1.16 bits per heavy atom. The lowest BCUT2D eigenvalue weighted by Gasteiger charge is -2.25. The van der Waals surface area contributed by atoms with Crippen LogP contribution in [0.25, 0.3) is 11.5 Å². The van der Waals surface area contributed by atoms with E-state index in [1.807, 2.05) is 13.0 Å². The van der Waals surface area contributed by atoms with Crippen LogP contribution in [0, 0.1) is 6.92 Å². The summed E-state index contributed by atoms with van der Waals surface area (Å²) in [4.78, 5) is 29.2. The average molecular weight is 338 g/mol. The minimum absolute atomic E-state index is 0.382. The number of nitrogens with zero attached hydrogens (tertiary/aromatic N) is 3. The van der Waals surface area contributed by atoms with Gasteiger partial charge >= 0.3 is 0 Å². The molecule has 3 aromatic heterocycles. The first-order valence-electron chi connectivity index (χ1n) is 7.78. The van der Waals surface area contributed by atoms with E-state index in [9.17, 15) is 9.59 Å². The second-order valence-electron chi connectivity index (χ2n) is 6.12. The Morgan fingerprint density at radius 3 is 2.64 bits per heavy atom. The van der Waals surface area contributed by atoms with Crippen molar-refractivity contribution in [3.63, 3.8) is 0 Å². The van der Waals surface area contributed by atoms with E-state index in [1.54, 1.807) is 44.2 Å². The van der Waals surface area contributed by atoms with Crippen LogP contribution < -0.4 is 10.9 Å². The molecule has 1 amide bonds. The van der Waals surface area contributed by atoms with Gasteiger partial charge in [0.1, 0.15) is 17.1 Å². The Labute approximate surface area is 144 Å². The fourth-order valence-corrected chi connectivity index (χ4v) is 2.35. The van der Waals surface area contributed by atoms with E-state index in [-0.39, 0.29) is 5.56 Å². The van der Waals surface area contributed by atoms with E-state index in [0.29, 0.717) is 17.3 Å². The van der Waals surface area contributed by atoms with E-state index >= 15 is 0 Å². The summed E-state index contributed by atoms with van der Waals surface area (Å²) in [5.41, 5.74) is -0.344. The second-order valence-corrected chi connectivity index (χ2v) is 6.12. The van der Waals surface area contributed by atoms with Crippen molar-refractivity contribution in [1.82, 2.24) is 14.8 Å². The quantitative estimate of drug-likeness (QED) is 0.789. The van der Waals surface area contributed by atoms with Gasteiger partial charge < -0.3 is 9.73 Å². The van der Waals surface area contributed by atoms with Crippen LogP contribution >= 0.6 is 0 Å². The van der Waals surface area contributed by atoms with E-state index in [2.05, 4.69) is 15.4 Å². The van der Waals surface area contributed by atoms with Crippen molar-refractivity contribution in [2.45, 2.75) is 26.3 Å². The van der Waals surface area contributed by atoms with Gasteiger partial charge in [-0.05, 0) is 51.1 Å². The highest BCUT2D eigenvalue weighted by atomic mass is 16.3. The molecule has 0 atom stereocenters. The maximum atomic E-state index is 12.7. The van der Waals surface area contributed by atoms with Gasteiger partial charge in [-0.3, -0.25) is 9.59 Å². The van der Waals surface area contributed by atoms with Crippen LogP contribution in [-0.2, 0) is 10.3 Å². The first-order valence-corrected chi connectivity index (χ1v) is 7.78. The molecule has 128 valence electrons. The lowest BCUT2D eigenvalue weighted by atomic mass is 10.0. The normalized spacial score (nSPS) is 11.3. The maximum absolute atomic E-state index is 12.7. The van der Waals surface area contributed by atoms with Gasteiger partial charge in [-0.1, -0.05) is 6.07 Å². The number of rotatable bonds is 4. The molecule has 0 saturated heterocycles. The third-order valence-corrected chi connectivity index (χ3v) is 3.79. The number of hydrogen-bond acceptors (Lipinski definition) is 5. The highest BCUT2D eigenvalue weighted by molar-refractivity contribution is 5.95. The van der Waals surface area contributed by atoms with E-state index in [0.717, 1.165) is 10.4 Å². The molecule has 0 aliphatic heterocycles. The van der Waals surface area contributed by atoms with Crippen LogP contribution in [0.15, 0.2) is 57.9 Å². The summed E-state index contributed by atoms with van der Waals surface area (Å²) < 4.78 is 6.46. The highest BCUT2D eigenvalue weighted by Gasteiger charge is 2.32. The van der Waals surface area contributed by atoms with Gasteiger partial charge in [-0.15, -0.1) is 0 Å². The number of amides is 1. The molecule has 3 heterocycles. The smallest absolute Gasteiger partial charge is 0.267 e. The Morgan fingerprint density at radius 2 is 1.96 bits per heavy atom. The molecule has 3 aromatic rings. The SMILES string of the molecule is Cc1cccc(NC(=O)C(C)(C)n2nc(-c3ccco3)ccc2=O)n1. The average Bonchev–Trinajstić information content (AvgIpc) is 3.09. The van der Waals surface area contributed by atoms with Crippen LogP contribution in [0.2, 0.25) is 0 Å². The summed E-state index contributed by atoms with van der Waals surface area (Å²) in [6.45, 7) is 5.08. The van der Waals surface area contributed by atoms with Gasteiger partial charge in [-0.25, -0.2) is 9.67 Å². The molecule has 25 heavy (non-hydrogen) atoms. The second kappa shape index (κ2) is 6.35. The van der Waals surface area contributed by atoms with Gasteiger partial charge in [0.25, 0.3) is 11.5 Å². The molecule has 0 aromatic carbocycles. The minimum atomic E-state index is -1.22. The fraction of sp³-hybridized carbons (Fsp3) is 0.222. The van der Waals surface area contributed by atoms with Gasteiger partial charge in [0.05, 0.1) is 6.26 Å². The Bertz CT molecular complexity index is 958. The number of anilines is 1. The summed E-state index contributed by atoms with van der Waals surface area (Å²) in [5.74, 6) is 0.551. The molecule has 0 saturated carbocycles. The number of aryl methyl sites for hydroxylation is 1. The lowest BCUT2D eigenvalue weighted by Crippen LogP contribution is -2.47.